The lowest BCUT2D eigenvalue weighted by atomic mass is 9.89. The molecular formula is C36H53N2O5. The van der Waals surface area contributed by atoms with E-state index < -0.39 is 29.0 Å². The maximum atomic E-state index is 13.8. The first-order chi connectivity index (χ1) is 20.6. The van der Waals surface area contributed by atoms with E-state index in [1.807, 2.05) is 38.1 Å². The standard InChI is InChI=1S/C36H53N2O5/c1-5-6-7-8-9-10-11-12-13-14-15-16-27-43-32-23-21-31(22-24-32)36(4)26-25-35(3,38(36)42)30-19-17-29(18-20-30)33(39)37-28(2)34(40)41/h17-24,28H,5-16,25-27H2,1-4H3,(H,37,39)(H,40,41)/t28-,35-,36-/m1/s1. The van der Waals surface area contributed by atoms with Crippen molar-refractivity contribution < 1.29 is 24.6 Å². The second-order valence-electron chi connectivity index (χ2n) is 12.7. The molecular weight excluding hydrogens is 540 g/mol. The Kier molecular flexibility index (Phi) is 13.5. The van der Waals surface area contributed by atoms with Gasteiger partial charge in [0.1, 0.15) is 11.8 Å². The summed E-state index contributed by atoms with van der Waals surface area (Å²) in [6, 6.07) is 13.9. The van der Waals surface area contributed by atoms with Crippen LogP contribution in [0.2, 0.25) is 0 Å². The third-order valence-corrected chi connectivity index (χ3v) is 9.22. The monoisotopic (exact) mass is 593 g/mol. The van der Waals surface area contributed by atoms with Crippen molar-refractivity contribution in [2.75, 3.05) is 6.61 Å². The van der Waals surface area contributed by atoms with E-state index in [1.54, 1.807) is 24.3 Å². The van der Waals surface area contributed by atoms with E-state index in [9.17, 15) is 14.8 Å². The van der Waals surface area contributed by atoms with Crippen molar-refractivity contribution in [2.45, 2.75) is 135 Å². The van der Waals surface area contributed by atoms with Crippen LogP contribution in [0.3, 0.4) is 0 Å². The van der Waals surface area contributed by atoms with Gasteiger partial charge >= 0.3 is 5.97 Å². The Morgan fingerprint density at radius 2 is 1.23 bits per heavy atom. The second-order valence-corrected chi connectivity index (χ2v) is 12.7. The van der Waals surface area contributed by atoms with E-state index >= 15 is 0 Å². The molecule has 0 bridgehead atoms. The first-order valence-corrected chi connectivity index (χ1v) is 16.5. The van der Waals surface area contributed by atoms with Crippen molar-refractivity contribution in [3.8, 4) is 5.75 Å². The fourth-order valence-electron chi connectivity index (χ4n) is 6.12. The molecule has 2 aromatic rings. The summed E-state index contributed by atoms with van der Waals surface area (Å²) in [6.45, 7) is 8.33. The van der Waals surface area contributed by atoms with E-state index in [-0.39, 0.29) is 0 Å². The third kappa shape index (κ3) is 9.54. The van der Waals surface area contributed by atoms with Crippen LogP contribution in [0.15, 0.2) is 48.5 Å². The Morgan fingerprint density at radius 3 is 1.70 bits per heavy atom. The lowest BCUT2D eigenvalue weighted by molar-refractivity contribution is -0.260. The van der Waals surface area contributed by atoms with Crippen molar-refractivity contribution in [1.82, 2.24) is 10.4 Å². The number of hydrogen-bond donors (Lipinski definition) is 2. The smallest absolute Gasteiger partial charge is 0.325 e. The number of aliphatic carboxylic acids is 1. The summed E-state index contributed by atoms with van der Waals surface area (Å²) in [5, 5.41) is 26.5. The van der Waals surface area contributed by atoms with Gasteiger partial charge in [0.2, 0.25) is 0 Å². The molecule has 1 heterocycles. The van der Waals surface area contributed by atoms with Gasteiger partial charge in [-0.25, -0.2) is 0 Å². The summed E-state index contributed by atoms with van der Waals surface area (Å²) >= 11 is 0. The summed E-state index contributed by atoms with van der Waals surface area (Å²) in [6.07, 6.45) is 17.2. The number of carbonyl (C=O) groups excluding carboxylic acids is 1. The van der Waals surface area contributed by atoms with Crippen molar-refractivity contribution in [3.63, 3.8) is 0 Å². The number of carbonyl (C=O) groups is 2. The molecule has 3 atom stereocenters. The van der Waals surface area contributed by atoms with Crippen molar-refractivity contribution in [3.05, 3.63) is 65.2 Å². The zero-order valence-corrected chi connectivity index (χ0v) is 26.8. The van der Waals surface area contributed by atoms with Crippen LogP contribution in [0, 0.1) is 0 Å². The predicted octanol–water partition coefficient (Wildman–Crippen LogP) is 8.54. The molecule has 0 saturated carbocycles. The molecule has 43 heavy (non-hydrogen) atoms. The predicted molar refractivity (Wildman–Crippen MR) is 170 cm³/mol. The molecule has 1 aliphatic heterocycles. The van der Waals surface area contributed by atoms with Gasteiger partial charge in [-0.1, -0.05) is 102 Å². The Labute approximate surface area is 259 Å². The van der Waals surface area contributed by atoms with Gasteiger partial charge in [-0.05, 0) is 75.4 Å². The van der Waals surface area contributed by atoms with Crippen LogP contribution in [0.4, 0.5) is 0 Å². The van der Waals surface area contributed by atoms with Gasteiger partial charge in [-0.2, -0.15) is 0 Å². The summed E-state index contributed by atoms with van der Waals surface area (Å²) in [7, 11) is 0. The van der Waals surface area contributed by atoms with E-state index in [0.29, 0.717) is 25.0 Å². The molecule has 2 N–H and O–H groups in total. The highest BCUT2D eigenvalue weighted by Crippen LogP contribution is 2.51. The number of unbranched alkanes of at least 4 members (excludes halogenated alkanes) is 11. The van der Waals surface area contributed by atoms with Crippen LogP contribution < -0.4 is 10.1 Å². The van der Waals surface area contributed by atoms with Gasteiger partial charge in [-0.15, -0.1) is 10.3 Å². The van der Waals surface area contributed by atoms with Crippen molar-refractivity contribution >= 4 is 11.9 Å². The van der Waals surface area contributed by atoms with Crippen LogP contribution in [-0.2, 0) is 21.1 Å². The highest BCUT2D eigenvalue weighted by molar-refractivity contribution is 5.96. The minimum absolute atomic E-state index is 0.359. The molecule has 2 aromatic carbocycles. The molecule has 7 nitrogen and oxygen atoms in total. The largest absolute Gasteiger partial charge is 0.494 e. The fourth-order valence-corrected chi connectivity index (χ4v) is 6.12. The molecule has 0 spiro atoms. The van der Waals surface area contributed by atoms with Crippen LogP contribution >= 0.6 is 0 Å². The first kappa shape index (κ1) is 34.6. The Balaban J connectivity index is 1.43. The van der Waals surface area contributed by atoms with Gasteiger partial charge < -0.3 is 15.2 Å². The molecule has 1 saturated heterocycles. The number of benzene rings is 2. The second kappa shape index (κ2) is 16.8. The number of amides is 1. The maximum absolute atomic E-state index is 13.8. The topological polar surface area (TPSA) is 98.8 Å². The summed E-state index contributed by atoms with van der Waals surface area (Å²) < 4.78 is 6.00. The Hall–Kier alpha value is -2.90. The molecule has 0 aromatic heterocycles. The number of carboxylic acids is 1. The summed E-state index contributed by atoms with van der Waals surface area (Å²) in [5.41, 5.74) is 0.717. The third-order valence-electron chi connectivity index (χ3n) is 9.22. The van der Waals surface area contributed by atoms with Crippen molar-refractivity contribution in [2.24, 2.45) is 0 Å². The number of nitrogens with zero attached hydrogens (tertiary/aromatic N) is 1. The van der Waals surface area contributed by atoms with E-state index in [2.05, 4.69) is 12.2 Å². The summed E-state index contributed by atoms with van der Waals surface area (Å²) in [5.74, 6) is -0.716. The average molecular weight is 594 g/mol. The molecule has 0 unspecified atom stereocenters. The van der Waals surface area contributed by atoms with Gasteiger partial charge in [0, 0.05) is 5.56 Å². The van der Waals surface area contributed by atoms with Gasteiger partial charge in [-0.3, -0.25) is 9.59 Å². The number of nitrogens with one attached hydrogen (secondary N) is 1. The number of hydroxylamine groups is 2. The van der Waals surface area contributed by atoms with Crippen LogP contribution in [-0.4, -0.2) is 34.7 Å². The van der Waals surface area contributed by atoms with Crippen molar-refractivity contribution in [1.29, 1.82) is 0 Å². The highest BCUT2D eigenvalue weighted by Gasteiger charge is 2.52. The zero-order valence-electron chi connectivity index (χ0n) is 26.8. The van der Waals surface area contributed by atoms with Crippen LogP contribution in [0.5, 0.6) is 5.75 Å². The number of rotatable bonds is 19. The quantitative estimate of drug-likeness (QED) is 0.159. The minimum atomic E-state index is -1.09. The molecule has 1 radical (unpaired) electrons. The van der Waals surface area contributed by atoms with Gasteiger partial charge in [0.15, 0.2) is 0 Å². The lowest BCUT2D eigenvalue weighted by Crippen LogP contribution is -2.44. The molecule has 237 valence electrons. The SMILES string of the molecule is CCCCCCCCCCCCCCOc1ccc([C@@]2(C)CC[C@](C)(c3ccc(C(=O)N[C@H](C)C(=O)O)cc3)N2[O])cc1. The number of carboxylic acid groups (broad SMARTS) is 1. The van der Waals surface area contributed by atoms with E-state index in [1.165, 1.54) is 82.6 Å². The minimum Gasteiger partial charge on any atom is -0.494 e. The zero-order chi connectivity index (χ0) is 31.3. The van der Waals surface area contributed by atoms with E-state index in [0.717, 1.165) is 23.3 Å². The first-order valence-electron chi connectivity index (χ1n) is 16.5. The molecule has 0 aliphatic carbocycles. The number of hydrogen-bond acceptors (Lipinski definition) is 4. The van der Waals surface area contributed by atoms with Crippen LogP contribution in [0.1, 0.15) is 139 Å². The average Bonchev–Trinajstić information content (AvgIpc) is 3.25. The maximum Gasteiger partial charge on any atom is 0.325 e. The molecule has 1 amide bonds. The molecule has 3 rings (SSSR count). The van der Waals surface area contributed by atoms with E-state index in [4.69, 9.17) is 9.84 Å². The number of ether oxygens (including phenoxy) is 1. The molecule has 7 heteroatoms. The lowest BCUT2D eigenvalue weighted by Gasteiger charge is -2.37. The van der Waals surface area contributed by atoms with Gasteiger partial charge in [0.05, 0.1) is 17.7 Å². The summed E-state index contributed by atoms with van der Waals surface area (Å²) in [4.78, 5) is 23.4. The highest BCUT2D eigenvalue weighted by atomic mass is 16.5. The van der Waals surface area contributed by atoms with Crippen LogP contribution in [0.25, 0.3) is 0 Å². The molecule has 1 fully saturated rings. The Bertz CT molecular complexity index is 1140. The Morgan fingerprint density at radius 1 is 0.791 bits per heavy atom. The fraction of sp³-hybridized carbons (Fsp3) is 0.611. The molecule has 1 aliphatic rings. The normalized spacial score (nSPS) is 21.0. The van der Waals surface area contributed by atoms with Gasteiger partial charge in [0.25, 0.3) is 5.91 Å².